The van der Waals surface area contributed by atoms with Crippen molar-refractivity contribution in [1.29, 1.82) is 0 Å². The van der Waals surface area contributed by atoms with Crippen LogP contribution in [0.3, 0.4) is 0 Å². The molecule has 0 saturated carbocycles. The molecule has 1 amide bonds. The first-order valence-electron chi connectivity index (χ1n) is 7.96. The molecular weight excluding hydrogens is 348 g/mol. The van der Waals surface area contributed by atoms with Gasteiger partial charge in [-0.15, -0.1) is 0 Å². The van der Waals surface area contributed by atoms with Crippen LogP contribution >= 0.6 is 11.8 Å². The molecule has 1 aliphatic rings. The minimum atomic E-state index is -0.171. The summed E-state index contributed by atoms with van der Waals surface area (Å²) >= 11 is 1.30. The molecule has 0 radical (unpaired) electrons. The number of methoxy groups -OCH3 is 1. The summed E-state index contributed by atoms with van der Waals surface area (Å²) in [5, 5.41) is 3.30. The Morgan fingerprint density at radius 2 is 1.96 bits per heavy atom. The number of amidine groups is 1. The summed E-state index contributed by atoms with van der Waals surface area (Å²) in [6, 6.07) is 14.9. The molecule has 1 saturated heterocycles. The zero-order valence-electron chi connectivity index (χ0n) is 14.3. The largest absolute Gasteiger partial charge is 0.494 e. The van der Waals surface area contributed by atoms with Crippen molar-refractivity contribution in [2.24, 2.45) is 4.99 Å². The number of benzene rings is 2. The predicted octanol–water partition coefficient (Wildman–Crippen LogP) is 4.15. The molecule has 1 aliphatic heterocycles. The van der Waals surface area contributed by atoms with Crippen molar-refractivity contribution in [2.75, 3.05) is 13.7 Å². The Labute approximate surface area is 156 Å². The normalized spacial score (nSPS) is 16.6. The van der Waals surface area contributed by atoms with E-state index >= 15 is 0 Å². The molecule has 6 heteroatoms. The van der Waals surface area contributed by atoms with Gasteiger partial charge >= 0.3 is 0 Å². The fourth-order valence-electron chi connectivity index (χ4n) is 2.28. The fourth-order valence-corrected chi connectivity index (χ4v) is 3.11. The van der Waals surface area contributed by atoms with E-state index in [1.807, 2.05) is 54.6 Å². The van der Waals surface area contributed by atoms with Crippen LogP contribution < -0.4 is 14.8 Å². The van der Waals surface area contributed by atoms with Gasteiger partial charge in [0.1, 0.15) is 23.8 Å². The molecule has 2 aromatic carbocycles. The third-order valence-corrected chi connectivity index (χ3v) is 4.41. The monoisotopic (exact) mass is 366 g/mol. The minimum absolute atomic E-state index is 0.171. The van der Waals surface area contributed by atoms with Crippen LogP contribution in [0.15, 0.2) is 71.1 Å². The number of rotatable bonds is 6. The van der Waals surface area contributed by atoms with Gasteiger partial charge in [0.25, 0.3) is 5.91 Å². The van der Waals surface area contributed by atoms with Gasteiger partial charge in [-0.05, 0) is 47.7 Å². The Hall–Kier alpha value is -2.99. The van der Waals surface area contributed by atoms with Crippen LogP contribution in [-0.2, 0) is 4.79 Å². The Morgan fingerprint density at radius 1 is 1.19 bits per heavy atom. The molecule has 0 atom stereocenters. The van der Waals surface area contributed by atoms with Gasteiger partial charge in [0, 0.05) is 0 Å². The number of aliphatic imine (C=N–C) groups is 1. The van der Waals surface area contributed by atoms with Crippen LogP contribution in [0.2, 0.25) is 0 Å². The first-order valence-corrected chi connectivity index (χ1v) is 8.77. The topological polar surface area (TPSA) is 59.9 Å². The third kappa shape index (κ3) is 4.34. The van der Waals surface area contributed by atoms with E-state index in [4.69, 9.17) is 9.47 Å². The van der Waals surface area contributed by atoms with E-state index < -0.39 is 0 Å². The first kappa shape index (κ1) is 17.8. The lowest BCUT2D eigenvalue weighted by Gasteiger charge is -2.03. The van der Waals surface area contributed by atoms with Gasteiger partial charge in [0.15, 0.2) is 5.17 Å². The van der Waals surface area contributed by atoms with Crippen molar-refractivity contribution in [3.05, 3.63) is 71.7 Å². The maximum absolute atomic E-state index is 12.2. The van der Waals surface area contributed by atoms with Gasteiger partial charge in [-0.3, -0.25) is 4.79 Å². The highest BCUT2D eigenvalue weighted by Crippen LogP contribution is 2.32. The Morgan fingerprint density at radius 3 is 2.69 bits per heavy atom. The first-order chi connectivity index (χ1) is 12.7. The molecule has 0 spiro atoms. The van der Waals surface area contributed by atoms with Crippen LogP contribution in [-0.4, -0.2) is 24.8 Å². The molecule has 0 aliphatic carbocycles. The van der Waals surface area contributed by atoms with Crippen LogP contribution in [0.4, 0.5) is 5.69 Å². The lowest BCUT2D eigenvalue weighted by atomic mass is 10.2. The van der Waals surface area contributed by atoms with E-state index in [9.17, 15) is 4.79 Å². The highest BCUT2D eigenvalue weighted by molar-refractivity contribution is 8.18. The molecule has 1 fully saturated rings. The van der Waals surface area contributed by atoms with E-state index in [-0.39, 0.29) is 5.91 Å². The van der Waals surface area contributed by atoms with Gasteiger partial charge in [0.05, 0.1) is 12.0 Å². The molecule has 1 heterocycles. The summed E-state index contributed by atoms with van der Waals surface area (Å²) in [5.41, 5.74) is 1.58. The van der Waals surface area contributed by atoms with Gasteiger partial charge in [-0.1, -0.05) is 36.9 Å². The predicted molar refractivity (Wildman–Crippen MR) is 106 cm³/mol. The molecule has 2 aromatic rings. The molecule has 0 unspecified atom stereocenters. The molecule has 1 N–H and O–H groups in total. The lowest BCUT2D eigenvalue weighted by Crippen LogP contribution is -2.19. The number of amides is 1. The molecule has 3 rings (SSSR count). The van der Waals surface area contributed by atoms with Crippen molar-refractivity contribution in [1.82, 2.24) is 5.32 Å². The molecule has 0 aromatic heterocycles. The average molecular weight is 366 g/mol. The molecular formula is C20H18N2O3S. The second-order valence-corrected chi connectivity index (χ2v) is 6.35. The summed E-state index contributed by atoms with van der Waals surface area (Å²) in [6.07, 6.45) is 3.51. The van der Waals surface area contributed by atoms with Crippen LogP contribution in [0.5, 0.6) is 11.5 Å². The average Bonchev–Trinajstić information content (AvgIpc) is 3.00. The molecule has 5 nitrogen and oxygen atoms in total. The Balaban J connectivity index is 1.76. The van der Waals surface area contributed by atoms with Crippen molar-refractivity contribution in [3.8, 4) is 11.5 Å². The summed E-state index contributed by atoms with van der Waals surface area (Å²) in [7, 11) is 1.59. The van der Waals surface area contributed by atoms with Crippen LogP contribution in [0.25, 0.3) is 6.08 Å². The van der Waals surface area contributed by atoms with Gasteiger partial charge in [0.2, 0.25) is 0 Å². The Bertz CT molecular complexity index is 873. The standard InChI is InChI=1S/C20H18N2O3S/c1-3-12-25-15-10-8-14(9-11-15)13-18-19(23)22-20(26-18)21-16-6-4-5-7-17(16)24-2/h3-11,13H,1,12H2,2H3,(H,21,22,23)/b18-13-. The third-order valence-electron chi connectivity index (χ3n) is 3.50. The smallest absolute Gasteiger partial charge is 0.264 e. The number of hydrogen-bond donors (Lipinski definition) is 1. The summed E-state index contributed by atoms with van der Waals surface area (Å²) in [6.45, 7) is 4.08. The summed E-state index contributed by atoms with van der Waals surface area (Å²) in [4.78, 5) is 17.2. The second-order valence-electron chi connectivity index (χ2n) is 5.32. The number of nitrogens with zero attached hydrogens (tertiary/aromatic N) is 1. The lowest BCUT2D eigenvalue weighted by molar-refractivity contribution is -0.115. The number of carbonyl (C=O) groups excluding carboxylic acids is 1. The van der Waals surface area contributed by atoms with Crippen LogP contribution in [0, 0.1) is 0 Å². The number of hydrogen-bond acceptors (Lipinski definition) is 5. The number of thioether (sulfide) groups is 1. The van der Waals surface area contributed by atoms with Crippen molar-refractivity contribution in [2.45, 2.75) is 0 Å². The van der Waals surface area contributed by atoms with E-state index in [1.165, 1.54) is 11.8 Å². The van der Waals surface area contributed by atoms with Crippen molar-refractivity contribution in [3.63, 3.8) is 0 Å². The minimum Gasteiger partial charge on any atom is -0.494 e. The van der Waals surface area contributed by atoms with E-state index in [1.54, 1.807) is 13.2 Å². The van der Waals surface area contributed by atoms with E-state index in [0.717, 1.165) is 11.3 Å². The quantitative estimate of drug-likeness (QED) is 0.616. The van der Waals surface area contributed by atoms with Gasteiger partial charge in [-0.25, -0.2) is 4.99 Å². The van der Waals surface area contributed by atoms with Crippen molar-refractivity contribution >= 4 is 34.6 Å². The molecule has 0 bridgehead atoms. The van der Waals surface area contributed by atoms with Gasteiger partial charge in [-0.2, -0.15) is 0 Å². The maximum atomic E-state index is 12.2. The maximum Gasteiger partial charge on any atom is 0.264 e. The number of ether oxygens (including phenoxy) is 2. The molecule has 132 valence electrons. The number of carbonyl (C=O) groups is 1. The Kier molecular flexibility index (Phi) is 5.76. The van der Waals surface area contributed by atoms with Crippen LogP contribution in [0.1, 0.15) is 5.56 Å². The van der Waals surface area contributed by atoms with E-state index in [0.29, 0.717) is 28.1 Å². The highest BCUT2D eigenvalue weighted by atomic mass is 32.2. The second kappa shape index (κ2) is 8.40. The fraction of sp³-hybridized carbons (Fsp3) is 0.100. The number of para-hydroxylation sites is 2. The zero-order valence-corrected chi connectivity index (χ0v) is 15.1. The highest BCUT2D eigenvalue weighted by Gasteiger charge is 2.24. The molecule has 26 heavy (non-hydrogen) atoms. The van der Waals surface area contributed by atoms with E-state index in [2.05, 4.69) is 16.9 Å². The SMILES string of the molecule is C=CCOc1ccc(/C=C2\SC(=Nc3ccccc3OC)NC2=O)cc1. The van der Waals surface area contributed by atoms with Gasteiger partial charge < -0.3 is 14.8 Å². The summed E-state index contributed by atoms with van der Waals surface area (Å²) in [5.74, 6) is 1.24. The van der Waals surface area contributed by atoms with Crippen molar-refractivity contribution < 1.29 is 14.3 Å². The number of nitrogens with one attached hydrogen (secondary N) is 1. The zero-order chi connectivity index (χ0) is 18.4. The summed E-state index contributed by atoms with van der Waals surface area (Å²) < 4.78 is 10.7.